The first-order chi connectivity index (χ1) is 12.4. The first-order valence-corrected chi connectivity index (χ1v) is 9.92. The van der Waals surface area contributed by atoms with Gasteiger partial charge in [0.15, 0.2) is 5.13 Å². The van der Waals surface area contributed by atoms with Gasteiger partial charge in [0.1, 0.15) is 17.7 Å². The Labute approximate surface area is 156 Å². The van der Waals surface area contributed by atoms with Crippen LogP contribution >= 0.6 is 23.1 Å². The number of hydrogen-bond donors (Lipinski definition) is 1. The number of fused-ring (bicyclic) bond motifs is 1. The Balaban J connectivity index is 1.52. The molecule has 2 atom stereocenters. The van der Waals surface area contributed by atoms with Crippen molar-refractivity contribution in [3.05, 3.63) is 35.2 Å². The minimum absolute atomic E-state index is 0.0145. The summed E-state index contributed by atoms with van der Waals surface area (Å²) >= 11 is 2.74. The highest BCUT2D eigenvalue weighted by atomic mass is 32.2. The maximum Gasteiger partial charge on any atom is 0.249 e. The zero-order valence-electron chi connectivity index (χ0n) is 13.8. The summed E-state index contributed by atoms with van der Waals surface area (Å²) in [4.78, 5) is 30.3. The summed E-state index contributed by atoms with van der Waals surface area (Å²) in [5.74, 6) is -0.934. The lowest BCUT2D eigenvalue weighted by molar-refractivity contribution is -0.135. The van der Waals surface area contributed by atoms with Crippen LogP contribution in [0.5, 0.6) is 0 Å². The molecule has 2 amide bonds. The van der Waals surface area contributed by atoms with Crippen molar-refractivity contribution in [2.24, 2.45) is 0 Å². The number of rotatable bonds is 3. The predicted molar refractivity (Wildman–Crippen MR) is 96.8 cm³/mol. The molecule has 9 heteroatoms. The molecule has 3 heterocycles. The van der Waals surface area contributed by atoms with E-state index in [0.29, 0.717) is 17.3 Å². The molecule has 136 valence electrons. The molecule has 0 bridgehead atoms. The lowest BCUT2D eigenvalue weighted by atomic mass is 10.1. The van der Waals surface area contributed by atoms with Gasteiger partial charge in [-0.2, -0.15) is 0 Å². The summed E-state index contributed by atoms with van der Waals surface area (Å²) in [6.07, 6.45) is 1.19. The monoisotopic (exact) mass is 395 g/mol. The number of benzene rings is 1. The van der Waals surface area contributed by atoms with E-state index in [1.54, 1.807) is 22.0 Å². The normalized spacial score (nSPS) is 24.8. The Morgan fingerprint density at radius 1 is 1.42 bits per heavy atom. The van der Waals surface area contributed by atoms with Gasteiger partial charge in [0, 0.05) is 23.1 Å². The Kier molecular flexibility index (Phi) is 4.23. The van der Waals surface area contributed by atoms with E-state index in [1.165, 1.54) is 0 Å². The molecule has 26 heavy (non-hydrogen) atoms. The van der Waals surface area contributed by atoms with Gasteiger partial charge in [-0.3, -0.25) is 9.59 Å². The average Bonchev–Trinajstić information content (AvgIpc) is 3.26. The van der Waals surface area contributed by atoms with E-state index in [9.17, 15) is 18.4 Å². The molecule has 0 radical (unpaired) electrons. The average molecular weight is 395 g/mol. The number of amides is 2. The van der Waals surface area contributed by atoms with Crippen LogP contribution in [0.15, 0.2) is 23.6 Å². The molecule has 0 unspecified atom stereocenters. The maximum absolute atomic E-state index is 13.9. The lowest BCUT2D eigenvalue weighted by Gasteiger charge is -2.29. The minimum atomic E-state index is -0.583. The zero-order valence-corrected chi connectivity index (χ0v) is 15.4. The first kappa shape index (κ1) is 17.4. The van der Waals surface area contributed by atoms with Crippen molar-refractivity contribution >= 4 is 40.0 Å². The number of carbonyl (C=O) groups is 2. The second-order valence-electron chi connectivity index (χ2n) is 6.42. The minimum Gasteiger partial charge on any atom is -0.315 e. The molecule has 5 nitrogen and oxygen atoms in total. The number of hydrogen-bond acceptors (Lipinski definition) is 5. The maximum atomic E-state index is 13.9. The van der Waals surface area contributed by atoms with Gasteiger partial charge < -0.3 is 10.2 Å². The Bertz CT molecular complexity index is 904. The van der Waals surface area contributed by atoms with Gasteiger partial charge in [-0.1, -0.05) is 0 Å². The number of thioether (sulfide) groups is 1. The topological polar surface area (TPSA) is 62.3 Å². The number of thiazole rings is 1. The van der Waals surface area contributed by atoms with E-state index >= 15 is 0 Å². The van der Waals surface area contributed by atoms with Crippen molar-refractivity contribution < 1.29 is 18.4 Å². The van der Waals surface area contributed by atoms with E-state index in [0.717, 1.165) is 36.0 Å². The third-order valence-electron chi connectivity index (χ3n) is 4.69. The quantitative estimate of drug-likeness (QED) is 0.864. The molecule has 4 rings (SSSR count). The van der Waals surface area contributed by atoms with Gasteiger partial charge in [0.05, 0.1) is 10.6 Å². The van der Waals surface area contributed by atoms with Crippen molar-refractivity contribution in [3.8, 4) is 11.3 Å². The molecular weight excluding hydrogens is 380 g/mol. The predicted octanol–water partition coefficient (Wildman–Crippen LogP) is 3.48. The van der Waals surface area contributed by atoms with Crippen molar-refractivity contribution in [1.82, 2.24) is 9.88 Å². The number of halogens is 2. The van der Waals surface area contributed by atoms with E-state index in [4.69, 9.17) is 0 Å². The molecule has 0 spiro atoms. The molecule has 1 aromatic carbocycles. The van der Waals surface area contributed by atoms with Crippen LogP contribution in [-0.2, 0) is 9.59 Å². The first-order valence-electron chi connectivity index (χ1n) is 8.05. The van der Waals surface area contributed by atoms with Crippen LogP contribution in [0.25, 0.3) is 11.3 Å². The highest BCUT2D eigenvalue weighted by Crippen LogP contribution is 2.47. The van der Waals surface area contributed by atoms with Crippen LogP contribution in [0.3, 0.4) is 0 Å². The molecule has 2 aliphatic rings. The second kappa shape index (κ2) is 6.31. The molecule has 2 saturated heterocycles. The molecular formula is C17H15F2N3O2S2. The summed E-state index contributed by atoms with van der Waals surface area (Å²) in [6, 6.07) is 2.60. The SMILES string of the molecule is C[C@]12CCC(=O)N1[C@H](C(=O)Nc1nc(-c3cc(F)ccc3F)cs1)CS2. The fourth-order valence-electron chi connectivity index (χ4n) is 3.35. The van der Waals surface area contributed by atoms with E-state index in [1.807, 2.05) is 6.92 Å². The summed E-state index contributed by atoms with van der Waals surface area (Å²) in [5.41, 5.74) is 0.297. The summed E-state index contributed by atoms with van der Waals surface area (Å²) in [5, 5.41) is 4.55. The number of carbonyl (C=O) groups excluding carboxylic acids is 2. The number of nitrogens with one attached hydrogen (secondary N) is 1. The molecule has 0 saturated carbocycles. The van der Waals surface area contributed by atoms with Crippen LogP contribution in [0.1, 0.15) is 19.8 Å². The van der Waals surface area contributed by atoms with Crippen LogP contribution < -0.4 is 5.32 Å². The fraction of sp³-hybridized carbons (Fsp3) is 0.353. The molecule has 0 aliphatic carbocycles. The number of nitrogens with zero attached hydrogens (tertiary/aromatic N) is 2. The van der Waals surface area contributed by atoms with E-state index in [2.05, 4.69) is 10.3 Å². The zero-order chi connectivity index (χ0) is 18.5. The van der Waals surface area contributed by atoms with Crippen LogP contribution in [0.2, 0.25) is 0 Å². The summed E-state index contributed by atoms with van der Waals surface area (Å²) in [7, 11) is 0. The highest BCUT2D eigenvalue weighted by molar-refractivity contribution is 8.01. The van der Waals surface area contributed by atoms with Gasteiger partial charge in [0.25, 0.3) is 0 Å². The molecule has 2 fully saturated rings. The standard InChI is InChI=1S/C17H15F2N3O2S2/c1-17-5-4-14(23)22(17)13(8-26-17)15(24)21-16-20-12(7-25-16)10-6-9(18)2-3-11(10)19/h2-3,6-7,13H,4-5,8H2,1H3,(H,20,21,24)/t13-,17-/m0/s1. The molecule has 1 aromatic heterocycles. The number of anilines is 1. The van der Waals surface area contributed by atoms with Crippen molar-refractivity contribution in [2.45, 2.75) is 30.7 Å². The van der Waals surface area contributed by atoms with Gasteiger partial charge >= 0.3 is 0 Å². The molecule has 1 N–H and O–H groups in total. The van der Waals surface area contributed by atoms with Gasteiger partial charge in [-0.05, 0) is 31.5 Å². The van der Waals surface area contributed by atoms with Gasteiger partial charge in [-0.15, -0.1) is 23.1 Å². The summed E-state index contributed by atoms with van der Waals surface area (Å²) < 4.78 is 27.2. The second-order valence-corrected chi connectivity index (χ2v) is 8.78. The third-order valence-corrected chi connectivity index (χ3v) is 6.95. The molecule has 2 aromatic rings. The van der Waals surface area contributed by atoms with Crippen LogP contribution in [0.4, 0.5) is 13.9 Å². The Hall–Kier alpha value is -2.00. The third kappa shape index (κ3) is 2.88. The number of aromatic nitrogens is 1. The van der Waals surface area contributed by atoms with Crippen molar-refractivity contribution in [3.63, 3.8) is 0 Å². The van der Waals surface area contributed by atoms with Gasteiger partial charge in [-0.25, -0.2) is 13.8 Å². The lowest BCUT2D eigenvalue weighted by Crippen LogP contribution is -2.48. The smallest absolute Gasteiger partial charge is 0.249 e. The van der Waals surface area contributed by atoms with E-state index < -0.39 is 17.7 Å². The van der Waals surface area contributed by atoms with Crippen LogP contribution in [0, 0.1) is 11.6 Å². The van der Waals surface area contributed by atoms with E-state index in [-0.39, 0.29) is 27.9 Å². The van der Waals surface area contributed by atoms with Gasteiger partial charge in [0.2, 0.25) is 11.8 Å². The largest absolute Gasteiger partial charge is 0.315 e. The highest BCUT2D eigenvalue weighted by Gasteiger charge is 2.52. The van der Waals surface area contributed by atoms with Crippen molar-refractivity contribution in [2.75, 3.05) is 11.1 Å². The molecule has 2 aliphatic heterocycles. The Morgan fingerprint density at radius 2 is 2.23 bits per heavy atom. The Morgan fingerprint density at radius 3 is 3.04 bits per heavy atom. The fourth-order valence-corrected chi connectivity index (χ4v) is 5.50. The summed E-state index contributed by atoms with van der Waals surface area (Å²) in [6.45, 7) is 1.98. The van der Waals surface area contributed by atoms with Crippen molar-refractivity contribution in [1.29, 1.82) is 0 Å². The van der Waals surface area contributed by atoms with Crippen LogP contribution in [-0.4, -0.2) is 38.4 Å².